The maximum atomic E-state index is 11.2. The molecule has 0 fully saturated rings. The lowest BCUT2D eigenvalue weighted by Gasteiger charge is -2.14. The minimum Gasteiger partial charge on any atom is -0.497 e. The molecule has 0 bridgehead atoms. The number of rotatable bonds is 3. The van der Waals surface area contributed by atoms with Gasteiger partial charge in [-0.1, -0.05) is 24.3 Å². The van der Waals surface area contributed by atoms with Crippen LogP contribution in [-0.4, -0.2) is 15.9 Å². The van der Waals surface area contributed by atoms with E-state index in [-0.39, 0.29) is 4.90 Å². The van der Waals surface area contributed by atoms with Gasteiger partial charge in [0.2, 0.25) is 0 Å². The predicted molar refractivity (Wildman–Crippen MR) is 93.8 cm³/mol. The summed E-state index contributed by atoms with van der Waals surface area (Å²) in [6.45, 7) is 0. The van der Waals surface area contributed by atoms with Gasteiger partial charge in [0.1, 0.15) is 5.75 Å². The third-order valence-corrected chi connectivity index (χ3v) is 4.37. The van der Waals surface area contributed by atoms with Crippen LogP contribution in [0.3, 0.4) is 0 Å². The molecule has 3 rings (SSSR count). The molecule has 0 aliphatic carbocycles. The molecule has 5 N–H and O–H groups in total. The predicted octanol–water partition coefficient (Wildman–Crippen LogP) is 3.26. The zero-order valence-corrected chi connectivity index (χ0v) is 13.3. The highest BCUT2D eigenvalue weighted by Gasteiger charge is 2.14. The van der Waals surface area contributed by atoms with Crippen molar-refractivity contribution in [2.24, 2.45) is 0 Å². The van der Waals surface area contributed by atoms with Crippen LogP contribution < -0.4 is 16.2 Å². The molecule has 3 aromatic rings. The van der Waals surface area contributed by atoms with Crippen LogP contribution in [-0.2, 0) is 11.1 Å². The largest absolute Gasteiger partial charge is 0.497 e. The van der Waals surface area contributed by atoms with Gasteiger partial charge >= 0.3 is 0 Å². The molecule has 118 valence electrons. The second kappa shape index (κ2) is 5.91. The van der Waals surface area contributed by atoms with Crippen molar-refractivity contribution in [2.75, 3.05) is 18.6 Å². The van der Waals surface area contributed by atoms with Crippen molar-refractivity contribution in [2.45, 2.75) is 4.90 Å². The van der Waals surface area contributed by atoms with Gasteiger partial charge < -0.3 is 20.8 Å². The molecule has 1 atom stereocenters. The molecule has 0 aromatic heterocycles. The van der Waals surface area contributed by atoms with E-state index in [1.165, 1.54) is 12.1 Å². The highest BCUT2D eigenvalue weighted by atomic mass is 32.2. The number of hydrogen-bond donors (Lipinski definition) is 3. The summed E-state index contributed by atoms with van der Waals surface area (Å²) in [7, 11) is 1.62. The molecule has 0 heterocycles. The minimum atomic E-state index is -2.12. The number of fused-ring (bicyclic) bond motifs is 1. The van der Waals surface area contributed by atoms with Crippen molar-refractivity contribution < 1.29 is 13.5 Å². The van der Waals surface area contributed by atoms with E-state index in [1.807, 2.05) is 36.4 Å². The average Bonchev–Trinajstić information content (AvgIpc) is 2.53. The van der Waals surface area contributed by atoms with Crippen molar-refractivity contribution in [3.8, 4) is 16.9 Å². The van der Waals surface area contributed by atoms with Crippen LogP contribution in [0.4, 0.5) is 11.4 Å². The number of nitrogen functional groups attached to an aromatic ring is 2. The topological polar surface area (TPSA) is 98.6 Å². The van der Waals surface area contributed by atoms with Gasteiger partial charge in [-0.05, 0) is 40.6 Å². The first-order valence-electron chi connectivity index (χ1n) is 6.88. The van der Waals surface area contributed by atoms with Crippen LogP contribution >= 0.6 is 0 Å². The van der Waals surface area contributed by atoms with E-state index in [0.717, 1.165) is 22.1 Å². The van der Waals surface area contributed by atoms with E-state index in [0.29, 0.717) is 16.9 Å². The maximum Gasteiger partial charge on any atom is 0.186 e. The van der Waals surface area contributed by atoms with E-state index in [4.69, 9.17) is 16.2 Å². The summed E-state index contributed by atoms with van der Waals surface area (Å²) < 4.78 is 25.7. The fourth-order valence-electron chi connectivity index (χ4n) is 2.68. The Balaban J connectivity index is 2.27. The third kappa shape index (κ3) is 2.74. The molecule has 3 aromatic carbocycles. The zero-order valence-electron chi connectivity index (χ0n) is 12.4. The first-order valence-corrected chi connectivity index (χ1v) is 7.99. The molecule has 5 nitrogen and oxygen atoms in total. The lowest BCUT2D eigenvalue weighted by Crippen LogP contribution is -2.00. The van der Waals surface area contributed by atoms with Gasteiger partial charge in [-0.2, -0.15) is 0 Å². The monoisotopic (exact) mass is 328 g/mol. The Bertz CT molecular complexity index is 902. The second-order valence-electron chi connectivity index (χ2n) is 5.12. The van der Waals surface area contributed by atoms with Crippen LogP contribution in [0.25, 0.3) is 21.9 Å². The summed E-state index contributed by atoms with van der Waals surface area (Å²) in [6, 6.07) is 14.5. The lowest BCUT2D eigenvalue weighted by molar-refractivity contribution is 0.415. The molecule has 23 heavy (non-hydrogen) atoms. The smallest absolute Gasteiger partial charge is 0.186 e. The molecule has 0 amide bonds. The zero-order chi connectivity index (χ0) is 16.6. The van der Waals surface area contributed by atoms with Gasteiger partial charge in [-0.15, -0.1) is 0 Å². The second-order valence-corrected chi connectivity index (χ2v) is 6.09. The van der Waals surface area contributed by atoms with Crippen LogP contribution in [0.15, 0.2) is 53.4 Å². The average molecular weight is 328 g/mol. The van der Waals surface area contributed by atoms with Crippen LogP contribution in [0, 0.1) is 0 Å². The Labute approximate surface area is 136 Å². The van der Waals surface area contributed by atoms with Gasteiger partial charge in [-0.3, -0.25) is 0 Å². The van der Waals surface area contributed by atoms with Gasteiger partial charge in [0, 0.05) is 16.9 Å². The number of anilines is 2. The fourth-order valence-corrected chi connectivity index (χ4v) is 3.13. The summed E-state index contributed by atoms with van der Waals surface area (Å²) in [5.74, 6) is 0.765. The van der Waals surface area contributed by atoms with E-state index in [1.54, 1.807) is 7.11 Å². The van der Waals surface area contributed by atoms with Crippen molar-refractivity contribution in [3.05, 3.63) is 48.5 Å². The number of hydrogen-bond acceptors (Lipinski definition) is 4. The summed E-state index contributed by atoms with van der Waals surface area (Å²) in [5.41, 5.74) is 14.4. The maximum absolute atomic E-state index is 11.2. The lowest BCUT2D eigenvalue weighted by atomic mass is 9.95. The molecule has 0 aliphatic heterocycles. The fraction of sp³-hybridized carbons (Fsp3) is 0.0588. The first kappa shape index (κ1) is 15.3. The number of nitrogens with two attached hydrogens (primary N) is 2. The summed E-state index contributed by atoms with van der Waals surface area (Å²) in [4.78, 5) is 0.186. The number of benzene rings is 3. The SMILES string of the molecule is COc1ccc2c(-c3c(N)cc(S(=O)O)cc3N)cccc2c1. The summed E-state index contributed by atoms with van der Waals surface area (Å²) in [6.07, 6.45) is 0. The Morgan fingerprint density at radius 3 is 2.35 bits per heavy atom. The Morgan fingerprint density at radius 2 is 1.74 bits per heavy atom. The normalized spacial score (nSPS) is 12.3. The highest BCUT2D eigenvalue weighted by Crippen LogP contribution is 2.38. The van der Waals surface area contributed by atoms with Gasteiger partial charge in [0.05, 0.1) is 12.0 Å². The number of ether oxygens (including phenoxy) is 1. The van der Waals surface area contributed by atoms with E-state index in [2.05, 4.69) is 0 Å². The quantitative estimate of drug-likeness (QED) is 0.506. The van der Waals surface area contributed by atoms with Crippen LogP contribution in [0.5, 0.6) is 5.75 Å². The molecule has 1 unspecified atom stereocenters. The third-order valence-electron chi connectivity index (χ3n) is 3.73. The van der Waals surface area contributed by atoms with Crippen LogP contribution in [0.2, 0.25) is 0 Å². The molecular formula is C17H16N2O3S. The van der Waals surface area contributed by atoms with E-state index >= 15 is 0 Å². The molecule has 0 aliphatic rings. The van der Waals surface area contributed by atoms with Gasteiger partial charge in [0.25, 0.3) is 0 Å². The van der Waals surface area contributed by atoms with Gasteiger partial charge in [0.15, 0.2) is 11.1 Å². The van der Waals surface area contributed by atoms with Crippen molar-refractivity contribution in [1.82, 2.24) is 0 Å². The van der Waals surface area contributed by atoms with Crippen molar-refractivity contribution >= 4 is 33.2 Å². The number of methoxy groups -OCH3 is 1. The molecular weight excluding hydrogens is 312 g/mol. The Hall–Kier alpha value is -2.57. The standard InChI is InChI=1S/C17H16N2O3S/c1-22-11-5-6-13-10(7-11)3-2-4-14(13)17-15(18)8-12(23(20)21)9-16(17)19/h2-9H,18-19H2,1H3,(H,20,21). The highest BCUT2D eigenvalue weighted by molar-refractivity contribution is 7.79. The van der Waals surface area contributed by atoms with E-state index < -0.39 is 11.1 Å². The van der Waals surface area contributed by atoms with E-state index in [9.17, 15) is 8.76 Å². The summed E-state index contributed by atoms with van der Waals surface area (Å²) >= 11 is -2.12. The van der Waals surface area contributed by atoms with Gasteiger partial charge in [-0.25, -0.2) is 4.21 Å². The molecule has 0 spiro atoms. The van der Waals surface area contributed by atoms with Crippen molar-refractivity contribution in [3.63, 3.8) is 0 Å². The Kier molecular flexibility index (Phi) is 3.94. The molecule has 6 heteroatoms. The molecule has 0 radical (unpaired) electrons. The van der Waals surface area contributed by atoms with Crippen molar-refractivity contribution in [1.29, 1.82) is 0 Å². The van der Waals surface area contributed by atoms with Crippen LogP contribution in [0.1, 0.15) is 0 Å². The molecule has 0 saturated carbocycles. The summed E-state index contributed by atoms with van der Waals surface area (Å²) in [5, 5.41) is 1.97. The first-order chi connectivity index (χ1) is 11.0. The Morgan fingerprint density at radius 1 is 1.04 bits per heavy atom. The minimum absolute atomic E-state index is 0.186. The molecule has 0 saturated heterocycles.